The summed E-state index contributed by atoms with van der Waals surface area (Å²) >= 11 is 1.75. The first-order chi connectivity index (χ1) is 6.77. The maximum Gasteiger partial charge on any atom is 0.142 e. The van der Waals surface area contributed by atoms with Crippen LogP contribution in [0.5, 0.6) is 11.5 Å². The van der Waals surface area contributed by atoms with Crippen LogP contribution in [0.1, 0.15) is 0 Å². The quantitative estimate of drug-likeness (QED) is 0.600. The number of rotatable bonds is 5. The van der Waals surface area contributed by atoms with E-state index >= 15 is 0 Å². The van der Waals surface area contributed by atoms with Crippen LogP contribution in [-0.2, 0) is 0 Å². The molecule has 0 aliphatic carbocycles. The van der Waals surface area contributed by atoms with Crippen LogP contribution in [0.3, 0.4) is 0 Å². The molecule has 0 fully saturated rings. The highest BCUT2D eigenvalue weighted by molar-refractivity contribution is 7.98. The predicted octanol–water partition coefficient (Wildman–Crippen LogP) is 2.02. The number of methoxy groups -OCH3 is 1. The van der Waals surface area contributed by atoms with Crippen molar-refractivity contribution in [3.8, 4) is 11.5 Å². The summed E-state index contributed by atoms with van der Waals surface area (Å²) in [6.45, 7) is 0.701. The maximum absolute atomic E-state index is 5.73. The Morgan fingerprint density at radius 2 is 2.21 bits per heavy atom. The monoisotopic (exact) mass is 213 g/mol. The van der Waals surface area contributed by atoms with Crippen molar-refractivity contribution in [1.29, 1.82) is 0 Å². The molecular weight excluding hydrogens is 198 g/mol. The molecule has 0 spiro atoms. The van der Waals surface area contributed by atoms with Gasteiger partial charge < -0.3 is 15.2 Å². The number of nitrogens with two attached hydrogens (primary N) is 1. The Morgan fingerprint density at radius 1 is 1.43 bits per heavy atom. The Kier molecular flexibility index (Phi) is 4.46. The van der Waals surface area contributed by atoms with E-state index in [0.717, 1.165) is 11.5 Å². The fraction of sp³-hybridized carbons (Fsp3) is 0.400. The van der Waals surface area contributed by atoms with Crippen molar-refractivity contribution in [3.63, 3.8) is 0 Å². The highest BCUT2D eigenvalue weighted by Crippen LogP contribution is 2.25. The predicted molar refractivity (Wildman–Crippen MR) is 61.3 cm³/mol. The third-order valence-electron chi connectivity index (χ3n) is 1.76. The lowest BCUT2D eigenvalue weighted by Crippen LogP contribution is -2.00. The van der Waals surface area contributed by atoms with Crippen molar-refractivity contribution in [2.24, 2.45) is 0 Å². The van der Waals surface area contributed by atoms with Gasteiger partial charge in [0.05, 0.1) is 19.4 Å². The van der Waals surface area contributed by atoms with Gasteiger partial charge in [0, 0.05) is 11.8 Å². The third kappa shape index (κ3) is 3.03. The van der Waals surface area contributed by atoms with Crippen LogP contribution in [-0.4, -0.2) is 25.7 Å². The topological polar surface area (TPSA) is 44.5 Å². The van der Waals surface area contributed by atoms with E-state index < -0.39 is 0 Å². The SMILES string of the molecule is COc1ccc(OCCSC)cc1N. The van der Waals surface area contributed by atoms with Crippen LogP contribution in [0.2, 0.25) is 0 Å². The minimum Gasteiger partial charge on any atom is -0.495 e. The average Bonchev–Trinajstić information content (AvgIpc) is 2.18. The fourth-order valence-electron chi connectivity index (χ4n) is 1.05. The number of nitrogen functional groups attached to an aromatic ring is 1. The summed E-state index contributed by atoms with van der Waals surface area (Å²) in [4.78, 5) is 0. The second kappa shape index (κ2) is 5.65. The Balaban J connectivity index is 2.57. The molecule has 0 atom stereocenters. The average molecular weight is 213 g/mol. The fourth-order valence-corrected chi connectivity index (χ4v) is 1.30. The molecule has 14 heavy (non-hydrogen) atoms. The van der Waals surface area contributed by atoms with Gasteiger partial charge in [0.25, 0.3) is 0 Å². The summed E-state index contributed by atoms with van der Waals surface area (Å²) in [5.74, 6) is 2.45. The van der Waals surface area contributed by atoms with Crippen molar-refractivity contribution < 1.29 is 9.47 Å². The molecule has 1 aromatic carbocycles. The molecule has 0 aliphatic heterocycles. The maximum atomic E-state index is 5.73. The molecular formula is C10H15NO2S. The zero-order valence-corrected chi connectivity index (χ0v) is 9.26. The summed E-state index contributed by atoms with van der Waals surface area (Å²) in [5.41, 5.74) is 6.33. The van der Waals surface area contributed by atoms with Crippen molar-refractivity contribution in [2.45, 2.75) is 0 Å². The van der Waals surface area contributed by atoms with E-state index in [1.165, 1.54) is 0 Å². The number of anilines is 1. The number of thioether (sulfide) groups is 1. The second-order valence-electron chi connectivity index (χ2n) is 2.75. The molecule has 4 heteroatoms. The second-order valence-corrected chi connectivity index (χ2v) is 3.73. The standard InChI is InChI=1S/C10H15NO2S/c1-12-10-4-3-8(7-9(10)11)13-5-6-14-2/h3-4,7H,5-6,11H2,1-2H3. The Morgan fingerprint density at radius 3 is 2.79 bits per heavy atom. The highest BCUT2D eigenvalue weighted by Gasteiger charge is 2.00. The van der Waals surface area contributed by atoms with Gasteiger partial charge in [-0.25, -0.2) is 0 Å². The minimum absolute atomic E-state index is 0.606. The molecule has 0 radical (unpaired) electrons. The molecule has 2 N–H and O–H groups in total. The van der Waals surface area contributed by atoms with Crippen LogP contribution in [0.25, 0.3) is 0 Å². The molecule has 0 heterocycles. The summed E-state index contributed by atoms with van der Waals surface area (Å²) in [7, 11) is 1.60. The van der Waals surface area contributed by atoms with E-state index in [4.69, 9.17) is 15.2 Å². The first kappa shape index (κ1) is 11.0. The molecule has 0 aromatic heterocycles. The first-order valence-corrected chi connectivity index (χ1v) is 5.72. The molecule has 0 amide bonds. The summed E-state index contributed by atoms with van der Waals surface area (Å²) in [5, 5.41) is 0. The van der Waals surface area contributed by atoms with Crippen LogP contribution < -0.4 is 15.2 Å². The normalized spacial score (nSPS) is 9.86. The molecule has 1 aromatic rings. The summed E-state index contributed by atoms with van der Waals surface area (Å²) in [6, 6.07) is 5.44. The van der Waals surface area contributed by atoms with Gasteiger partial charge in [-0.15, -0.1) is 0 Å². The van der Waals surface area contributed by atoms with Crippen LogP contribution >= 0.6 is 11.8 Å². The van der Waals surface area contributed by atoms with E-state index in [-0.39, 0.29) is 0 Å². The van der Waals surface area contributed by atoms with Crippen molar-refractivity contribution in [1.82, 2.24) is 0 Å². The zero-order valence-electron chi connectivity index (χ0n) is 8.45. The van der Waals surface area contributed by atoms with Crippen molar-refractivity contribution in [3.05, 3.63) is 18.2 Å². The molecule has 3 nitrogen and oxygen atoms in total. The van der Waals surface area contributed by atoms with Crippen molar-refractivity contribution >= 4 is 17.4 Å². The van der Waals surface area contributed by atoms with Crippen LogP contribution in [0, 0.1) is 0 Å². The van der Waals surface area contributed by atoms with Gasteiger partial charge in [-0.05, 0) is 18.4 Å². The number of hydrogen-bond donors (Lipinski definition) is 1. The van der Waals surface area contributed by atoms with Crippen LogP contribution in [0.15, 0.2) is 18.2 Å². The molecule has 1 rings (SSSR count). The Hall–Kier alpha value is -1.03. The molecule has 0 saturated carbocycles. The Bertz CT molecular complexity index is 291. The highest BCUT2D eigenvalue weighted by atomic mass is 32.2. The third-order valence-corrected chi connectivity index (χ3v) is 2.33. The lowest BCUT2D eigenvalue weighted by Gasteiger charge is -2.08. The van der Waals surface area contributed by atoms with E-state index in [1.54, 1.807) is 24.9 Å². The van der Waals surface area contributed by atoms with E-state index in [9.17, 15) is 0 Å². The first-order valence-electron chi connectivity index (χ1n) is 4.33. The summed E-state index contributed by atoms with van der Waals surface area (Å²) in [6.07, 6.45) is 2.05. The van der Waals surface area contributed by atoms with Gasteiger partial charge in [0.15, 0.2) is 0 Å². The van der Waals surface area contributed by atoms with E-state index in [0.29, 0.717) is 18.0 Å². The van der Waals surface area contributed by atoms with E-state index in [1.807, 2.05) is 18.4 Å². The molecule has 0 unspecified atom stereocenters. The minimum atomic E-state index is 0.606. The van der Waals surface area contributed by atoms with Crippen molar-refractivity contribution in [2.75, 3.05) is 31.5 Å². The number of hydrogen-bond acceptors (Lipinski definition) is 4. The van der Waals surface area contributed by atoms with Gasteiger partial charge in [-0.3, -0.25) is 0 Å². The zero-order chi connectivity index (χ0) is 10.4. The van der Waals surface area contributed by atoms with Crippen LogP contribution in [0.4, 0.5) is 5.69 Å². The molecule has 78 valence electrons. The molecule has 0 saturated heterocycles. The Labute approximate surface area is 88.6 Å². The lowest BCUT2D eigenvalue weighted by atomic mass is 10.3. The molecule has 0 aliphatic rings. The van der Waals surface area contributed by atoms with E-state index in [2.05, 4.69) is 0 Å². The summed E-state index contributed by atoms with van der Waals surface area (Å²) < 4.78 is 10.5. The van der Waals surface area contributed by atoms with Gasteiger partial charge in [0.2, 0.25) is 0 Å². The largest absolute Gasteiger partial charge is 0.495 e. The van der Waals surface area contributed by atoms with Gasteiger partial charge >= 0.3 is 0 Å². The number of benzene rings is 1. The van der Waals surface area contributed by atoms with Gasteiger partial charge in [-0.1, -0.05) is 0 Å². The van der Waals surface area contributed by atoms with Gasteiger partial charge in [-0.2, -0.15) is 11.8 Å². The van der Waals surface area contributed by atoms with Gasteiger partial charge in [0.1, 0.15) is 11.5 Å². The molecule has 0 bridgehead atoms. The lowest BCUT2D eigenvalue weighted by molar-refractivity contribution is 0.343. The smallest absolute Gasteiger partial charge is 0.142 e. The number of ether oxygens (including phenoxy) is 2.